The van der Waals surface area contributed by atoms with Crippen LogP contribution in [-0.2, 0) is 4.74 Å². The molecule has 0 heterocycles. The highest BCUT2D eigenvalue weighted by Gasteiger charge is 2.55. The lowest BCUT2D eigenvalue weighted by molar-refractivity contribution is -0.255. The molecular formula is C22H28FO4-. The van der Waals surface area contributed by atoms with Crippen LogP contribution in [0, 0.1) is 34.9 Å². The predicted octanol–water partition coefficient (Wildman–Crippen LogP) is 3.78. The third-order valence-corrected chi connectivity index (χ3v) is 6.77. The van der Waals surface area contributed by atoms with Gasteiger partial charge in [-0.25, -0.2) is 4.39 Å². The smallest absolute Gasteiger partial charge is 0.205 e. The number of carbonyl (C=O) groups excluding carboxylic acids is 1. The van der Waals surface area contributed by atoms with Crippen LogP contribution in [0.2, 0.25) is 0 Å². The molecular weight excluding hydrogens is 347 g/mol. The average molecular weight is 375 g/mol. The fourth-order valence-corrected chi connectivity index (χ4v) is 5.57. The van der Waals surface area contributed by atoms with Crippen molar-refractivity contribution in [2.75, 3.05) is 0 Å². The predicted molar refractivity (Wildman–Crippen MR) is 96.5 cm³/mol. The molecule has 2 bridgehead atoms. The lowest BCUT2D eigenvalue weighted by Gasteiger charge is -2.38. The largest absolute Gasteiger partial charge is 0.545 e. The summed E-state index contributed by atoms with van der Waals surface area (Å²) in [5, 5.41) is 11.1. The van der Waals surface area contributed by atoms with Crippen LogP contribution in [0.15, 0.2) is 18.2 Å². The number of ether oxygens (including phenoxy) is 2. The van der Waals surface area contributed by atoms with Gasteiger partial charge in [0.05, 0.1) is 12.1 Å². The summed E-state index contributed by atoms with van der Waals surface area (Å²) in [4.78, 5) is 11.1. The van der Waals surface area contributed by atoms with Crippen molar-refractivity contribution >= 4 is 5.97 Å². The van der Waals surface area contributed by atoms with Gasteiger partial charge in [-0.1, -0.05) is 27.2 Å². The van der Waals surface area contributed by atoms with E-state index in [0.29, 0.717) is 5.92 Å². The zero-order chi connectivity index (χ0) is 19.3. The van der Waals surface area contributed by atoms with Crippen molar-refractivity contribution in [2.24, 2.45) is 29.1 Å². The summed E-state index contributed by atoms with van der Waals surface area (Å²) in [6, 6.07) is 3.46. The molecule has 0 radical (unpaired) electrons. The van der Waals surface area contributed by atoms with Crippen LogP contribution in [0.4, 0.5) is 4.39 Å². The van der Waals surface area contributed by atoms with Gasteiger partial charge in [0, 0.05) is 11.0 Å². The van der Waals surface area contributed by atoms with Crippen molar-refractivity contribution in [1.82, 2.24) is 0 Å². The summed E-state index contributed by atoms with van der Waals surface area (Å²) in [6.07, 6.45) is 5.79. The standard InChI is InChI=1S/C22H29FO4/c1-22(2,3)21(27-19-10-12(20(24)25)7-8-17(19)23)26-18-11-13-9-16(18)15-6-4-5-14(13)15/h7-8,10,13-16,18,21H,4-6,9,11H2,1-3H3,(H,24,25)/p-1. The summed E-state index contributed by atoms with van der Waals surface area (Å²) in [5.41, 5.74) is -0.478. The lowest BCUT2D eigenvalue weighted by atomic mass is 9.80. The van der Waals surface area contributed by atoms with Gasteiger partial charge in [-0.2, -0.15) is 0 Å². The topological polar surface area (TPSA) is 58.6 Å². The number of rotatable bonds is 5. The van der Waals surface area contributed by atoms with Gasteiger partial charge in [-0.15, -0.1) is 0 Å². The van der Waals surface area contributed by atoms with Gasteiger partial charge in [0.2, 0.25) is 6.29 Å². The molecule has 3 aliphatic rings. The Morgan fingerprint density at radius 3 is 2.63 bits per heavy atom. The van der Waals surface area contributed by atoms with Crippen molar-refractivity contribution in [3.05, 3.63) is 29.6 Å². The Morgan fingerprint density at radius 1 is 1.19 bits per heavy atom. The molecule has 148 valence electrons. The number of hydrogen-bond donors (Lipinski definition) is 0. The van der Waals surface area contributed by atoms with Crippen LogP contribution in [-0.4, -0.2) is 18.4 Å². The second-order valence-corrected chi connectivity index (χ2v) is 9.58. The molecule has 0 saturated heterocycles. The number of aromatic carboxylic acids is 1. The Kier molecular flexibility index (Phi) is 4.69. The van der Waals surface area contributed by atoms with Gasteiger partial charge in [-0.05, 0) is 67.6 Å². The molecule has 3 saturated carbocycles. The van der Waals surface area contributed by atoms with E-state index in [1.165, 1.54) is 37.8 Å². The van der Waals surface area contributed by atoms with Gasteiger partial charge in [0.15, 0.2) is 11.6 Å². The molecule has 4 nitrogen and oxygen atoms in total. The molecule has 6 unspecified atom stereocenters. The number of benzene rings is 1. The Balaban J connectivity index is 1.52. The van der Waals surface area contributed by atoms with E-state index in [0.717, 1.165) is 30.2 Å². The van der Waals surface area contributed by atoms with Crippen LogP contribution >= 0.6 is 0 Å². The van der Waals surface area contributed by atoms with E-state index >= 15 is 0 Å². The SMILES string of the molecule is CC(C)(C)C(Oc1cc(C(=O)[O-])ccc1F)OC1CC2CC1C1CCCC21. The Morgan fingerprint density at radius 2 is 1.93 bits per heavy atom. The normalized spacial score (nSPS) is 33.1. The highest BCUT2D eigenvalue weighted by Crippen LogP contribution is 2.59. The second kappa shape index (κ2) is 6.77. The molecule has 0 spiro atoms. The summed E-state index contributed by atoms with van der Waals surface area (Å²) >= 11 is 0. The van der Waals surface area contributed by atoms with Crippen LogP contribution in [0.25, 0.3) is 0 Å². The van der Waals surface area contributed by atoms with Gasteiger partial charge in [0.25, 0.3) is 0 Å². The maximum absolute atomic E-state index is 14.2. The minimum atomic E-state index is -1.35. The van der Waals surface area contributed by atoms with E-state index in [1.807, 2.05) is 20.8 Å². The Hall–Kier alpha value is -1.62. The van der Waals surface area contributed by atoms with Crippen LogP contribution in [0.3, 0.4) is 0 Å². The third kappa shape index (κ3) is 3.46. The Bertz CT molecular complexity index is 726. The van der Waals surface area contributed by atoms with E-state index in [1.54, 1.807) is 0 Å². The number of fused-ring (bicyclic) bond motifs is 5. The van der Waals surface area contributed by atoms with E-state index in [-0.39, 0.29) is 22.8 Å². The molecule has 0 aromatic heterocycles. The summed E-state index contributed by atoms with van der Waals surface area (Å²) in [5.74, 6) is 0.934. The fourth-order valence-electron chi connectivity index (χ4n) is 5.57. The minimum Gasteiger partial charge on any atom is -0.545 e. The Labute approximate surface area is 160 Å². The lowest BCUT2D eigenvalue weighted by Crippen LogP contribution is -2.41. The van der Waals surface area contributed by atoms with Crippen molar-refractivity contribution in [3.63, 3.8) is 0 Å². The molecule has 5 heteroatoms. The van der Waals surface area contributed by atoms with Crippen molar-refractivity contribution in [1.29, 1.82) is 0 Å². The fraction of sp³-hybridized carbons (Fsp3) is 0.682. The minimum absolute atomic E-state index is 0.0986. The van der Waals surface area contributed by atoms with Crippen LogP contribution in [0.1, 0.15) is 63.2 Å². The summed E-state index contributed by atoms with van der Waals surface area (Å²) < 4.78 is 26.5. The monoisotopic (exact) mass is 375 g/mol. The van der Waals surface area contributed by atoms with E-state index in [2.05, 4.69) is 0 Å². The van der Waals surface area contributed by atoms with Gasteiger partial charge >= 0.3 is 0 Å². The highest BCUT2D eigenvalue weighted by atomic mass is 19.1. The first-order valence-corrected chi connectivity index (χ1v) is 10.1. The number of hydrogen-bond acceptors (Lipinski definition) is 4. The number of carboxylic acids is 1. The maximum Gasteiger partial charge on any atom is 0.205 e. The van der Waals surface area contributed by atoms with Crippen LogP contribution < -0.4 is 9.84 Å². The molecule has 27 heavy (non-hydrogen) atoms. The second-order valence-electron chi connectivity index (χ2n) is 9.58. The van der Waals surface area contributed by atoms with Gasteiger partial charge < -0.3 is 19.4 Å². The highest BCUT2D eigenvalue weighted by molar-refractivity contribution is 5.86. The van der Waals surface area contributed by atoms with Crippen molar-refractivity contribution < 1.29 is 23.8 Å². The number of carboxylic acid groups (broad SMARTS) is 1. The van der Waals surface area contributed by atoms with Gasteiger partial charge in [0.1, 0.15) is 0 Å². The first-order valence-electron chi connectivity index (χ1n) is 10.1. The number of halogens is 1. The molecule has 1 aromatic carbocycles. The van der Waals surface area contributed by atoms with E-state index in [4.69, 9.17) is 9.47 Å². The quantitative estimate of drug-likeness (QED) is 0.735. The number of carbonyl (C=O) groups is 1. The average Bonchev–Trinajstić information content (AvgIpc) is 3.27. The third-order valence-electron chi connectivity index (χ3n) is 6.77. The maximum atomic E-state index is 14.2. The van der Waals surface area contributed by atoms with E-state index in [9.17, 15) is 14.3 Å². The van der Waals surface area contributed by atoms with Crippen molar-refractivity contribution in [3.8, 4) is 5.75 Å². The van der Waals surface area contributed by atoms with E-state index < -0.39 is 18.1 Å². The first-order chi connectivity index (χ1) is 12.7. The summed E-state index contributed by atoms with van der Waals surface area (Å²) in [6.45, 7) is 5.97. The zero-order valence-electron chi connectivity index (χ0n) is 16.2. The molecule has 1 aromatic rings. The summed E-state index contributed by atoms with van der Waals surface area (Å²) in [7, 11) is 0. The molecule has 6 atom stereocenters. The molecule has 0 aliphatic heterocycles. The zero-order valence-corrected chi connectivity index (χ0v) is 16.2. The molecule has 3 aliphatic carbocycles. The molecule has 0 N–H and O–H groups in total. The van der Waals surface area contributed by atoms with Crippen LogP contribution in [0.5, 0.6) is 5.75 Å². The first kappa shape index (κ1) is 18.7. The van der Waals surface area contributed by atoms with Gasteiger partial charge in [-0.3, -0.25) is 0 Å². The molecule has 0 amide bonds. The molecule has 4 rings (SSSR count). The molecule has 3 fully saturated rings. The van der Waals surface area contributed by atoms with Crippen molar-refractivity contribution in [2.45, 2.75) is 65.3 Å².